The van der Waals surface area contributed by atoms with Gasteiger partial charge in [0.15, 0.2) is 0 Å². The average Bonchev–Trinajstić information content (AvgIpc) is 2.70. The highest BCUT2D eigenvalue weighted by Crippen LogP contribution is 2.33. The number of carbonyl (C=O) groups excluding carboxylic acids is 1. The first-order valence-corrected chi connectivity index (χ1v) is 10.9. The van der Waals surface area contributed by atoms with E-state index in [4.69, 9.17) is 16.7 Å². The van der Waals surface area contributed by atoms with Crippen LogP contribution in [0.2, 0.25) is 5.02 Å². The molecule has 1 aromatic rings. The number of halogens is 1. The third-order valence-corrected chi connectivity index (χ3v) is 6.79. The second kappa shape index (κ2) is 9.81. The topological polar surface area (TPSA) is 81.1 Å². The van der Waals surface area contributed by atoms with E-state index < -0.39 is 5.97 Å². The maximum Gasteiger partial charge on any atom is 0.317 e. The SMILES string of the molecule is C[C@H](Cc1ccc(O)c(Cl)c1)C(=O)N1CCC(C2CCN(CC(=O)O)CC2)CC1. The lowest BCUT2D eigenvalue weighted by atomic mass is 9.78. The van der Waals surface area contributed by atoms with E-state index in [1.807, 2.05) is 22.8 Å². The zero-order valence-electron chi connectivity index (χ0n) is 17.0. The molecule has 0 radical (unpaired) electrons. The average molecular weight is 423 g/mol. The summed E-state index contributed by atoms with van der Waals surface area (Å²) in [5, 5.41) is 18.8. The highest BCUT2D eigenvalue weighted by atomic mass is 35.5. The molecular formula is C22H31ClN2O4. The van der Waals surface area contributed by atoms with Crippen LogP contribution < -0.4 is 0 Å². The first-order chi connectivity index (χ1) is 13.8. The number of hydrogen-bond acceptors (Lipinski definition) is 4. The van der Waals surface area contributed by atoms with E-state index in [0.29, 0.717) is 23.3 Å². The molecule has 1 aromatic carbocycles. The van der Waals surface area contributed by atoms with E-state index >= 15 is 0 Å². The Morgan fingerprint density at radius 3 is 2.24 bits per heavy atom. The van der Waals surface area contributed by atoms with Crippen LogP contribution in [0.5, 0.6) is 5.75 Å². The fourth-order valence-electron chi connectivity index (χ4n) is 4.79. The summed E-state index contributed by atoms with van der Waals surface area (Å²) in [6, 6.07) is 5.11. The zero-order valence-corrected chi connectivity index (χ0v) is 17.8. The van der Waals surface area contributed by atoms with Gasteiger partial charge in [0.25, 0.3) is 0 Å². The van der Waals surface area contributed by atoms with Crippen molar-refractivity contribution < 1.29 is 19.8 Å². The van der Waals surface area contributed by atoms with Crippen molar-refractivity contribution >= 4 is 23.5 Å². The monoisotopic (exact) mass is 422 g/mol. The number of rotatable bonds is 6. The minimum atomic E-state index is -0.751. The summed E-state index contributed by atoms with van der Waals surface area (Å²) in [6.45, 7) is 5.43. The number of aromatic hydroxyl groups is 1. The Hall–Kier alpha value is -1.79. The Morgan fingerprint density at radius 2 is 1.69 bits per heavy atom. The van der Waals surface area contributed by atoms with Gasteiger partial charge in [0.1, 0.15) is 5.75 Å². The molecule has 7 heteroatoms. The van der Waals surface area contributed by atoms with Gasteiger partial charge in [-0.15, -0.1) is 0 Å². The van der Waals surface area contributed by atoms with E-state index in [9.17, 15) is 14.7 Å². The predicted molar refractivity (Wildman–Crippen MR) is 112 cm³/mol. The van der Waals surface area contributed by atoms with Gasteiger partial charge in [-0.2, -0.15) is 0 Å². The predicted octanol–water partition coefficient (Wildman–Crippen LogP) is 3.26. The molecule has 0 spiro atoms. The third kappa shape index (κ3) is 5.86. The van der Waals surface area contributed by atoms with Gasteiger partial charge in [-0.25, -0.2) is 0 Å². The van der Waals surface area contributed by atoms with E-state index in [1.54, 1.807) is 12.1 Å². The van der Waals surface area contributed by atoms with Gasteiger partial charge < -0.3 is 15.1 Å². The van der Waals surface area contributed by atoms with Crippen LogP contribution in [0.3, 0.4) is 0 Å². The summed E-state index contributed by atoms with van der Waals surface area (Å²) in [5.74, 6) is 0.658. The molecule has 160 valence electrons. The van der Waals surface area contributed by atoms with E-state index in [1.165, 1.54) is 0 Å². The number of hydrogen-bond donors (Lipinski definition) is 2. The Labute approximate surface area is 177 Å². The van der Waals surface area contributed by atoms with Crippen LogP contribution in [-0.4, -0.2) is 64.6 Å². The quantitative estimate of drug-likeness (QED) is 0.735. The van der Waals surface area contributed by atoms with Crippen LogP contribution in [0.1, 0.15) is 38.2 Å². The first kappa shape index (κ1) is 21.9. The Kier molecular flexibility index (Phi) is 7.41. The number of phenolic OH excluding ortho intramolecular Hbond substituents is 1. The smallest absolute Gasteiger partial charge is 0.317 e. The van der Waals surface area contributed by atoms with Crippen molar-refractivity contribution in [2.24, 2.45) is 17.8 Å². The molecule has 2 N–H and O–H groups in total. The summed E-state index contributed by atoms with van der Waals surface area (Å²) in [4.78, 5) is 27.7. The summed E-state index contributed by atoms with van der Waals surface area (Å²) in [7, 11) is 0. The van der Waals surface area contributed by atoms with E-state index in [2.05, 4.69) is 0 Å². The van der Waals surface area contributed by atoms with Gasteiger partial charge >= 0.3 is 5.97 Å². The standard InChI is InChI=1S/C22H31ClN2O4/c1-15(12-16-2-3-20(26)19(23)13-16)22(29)25-10-6-18(7-11-25)17-4-8-24(9-5-17)14-21(27)28/h2-3,13,15,17-18,26H,4-12,14H2,1H3,(H,27,28)/t15-/m1/s1. The largest absolute Gasteiger partial charge is 0.506 e. The maximum absolute atomic E-state index is 12.9. The normalized spacial score (nSPS) is 20.6. The lowest BCUT2D eigenvalue weighted by molar-refractivity contribution is -0.138. The van der Waals surface area contributed by atoms with Crippen molar-refractivity contribution in [1.82, 2.24) is 9.80 Å². The Balaban J connectivity index is 1.44. The second-order valence-corrected chi connectivity index (χ2v) is 8.97. The molecule has 0 saturated carbocycles. The number of carboxylic acids is 1. The fourth-order valence-corrected chi connectivity index (χ4v) is 5.00. The molecule has 2 aliphatic rings. The van der Waals surface area contributed by atoms with Crippen molar-refractivity contribution in [2.45, 2.75) is 39.0 Å². The summed E-state index contributed by atoms with van der Waals surface area (Å²) in [5.41, 5.74) is 0.955. The number of aliphatic carboxylic acids is 1. The highest BCUT2D eigenvalue weighted by Gasteiger charge is 2.32. The molecule has 2 fully saturated rings. The van der Waals surface area contributed by atoms with Crippen LogP contribution in [0.4, 0.5) is 0 Å². The van der Waals surface area contributed by atoms with Crippen molar-refractivity contribution in [3.63, 3.8) is 0 Å². The van der Waals surface area contributed by atoms with Gasteiger partial charge in [-0.3, -0.25) is 14.5 Å². The van der Waals surface area contributed by atoms with Gasteiger partial charge in [-0.1, -0.05) is 24.6 Å². The lowest BCUT2D eigenvalue weighted by Gasteiger charge is -2.40. The molecule has 0 aromatic heterocycles. The summed E-state index contributed by atoms with van der Waals surface area (Å²) in [6.07, 6.45) is 4.80. The molecule has 1 amide bonds. The van der Waals surface area contributed by atoms with Crippen LogP contribution in [0, 0.1) is 17.8 Å². The molecule has 1 atom stereocenters. The van der Waals surface area contributed by atoms with Gasteiger partial charge in [-0.05, 0) is 74.7 Å². The maximum atomic E-state index is 12.9. The molecule has 2 aliphatic heterocycles. The summed E-state index contributed by atoms with van der Waals surface area (Å²) < 4.78 is 0. The second-order valence-electron chi connectivity index (χ2n) is 8.56. The van der Waals surface area contributed by atoms with Crippen LogP contribution in [0.25, 0.3) is 0 Å². The molecule has 0 aliphatic carbocycles. The number of nitrogens with zero attached hydrogens (tertiary/aromatic N) is 2. The summed E-state index contributed by atoms with van der Waals surface area (Å²) >= 11 is 5.97. The molecule has 29 heavy (non-hydrogen) atoms. The van der Waals surface area contributed by atoms with Crippen LogP contribution in [-0.2, 0) is 16.0 Å². The molecule has 2 saturated heterocycles. The molecule has 0 unspecified atom stereocenters. The Morgan fingerprint density at radius 1 is 1.10 bits per heavy atom. The van der Waals surface area contributed by atoms with Crippen molar-refractivity contribution in [3.05, 3.63) is 28.8 Å². The van der Waals surface area contributed by atoms with Crippen molar-refractivity contribution in [3.8, 4) is 5.75 Å². The number of amides is 1. The number of phenols is 1. The minimum absolute atomic E-state index is 0.0604. The van der Waals surface area contributed by atoms with Crippen molar-refractivity contribution in [2.75, 3.05) is 32.7 Å². The van der Waals surface area contributed by atoms with Gasteiger partial charge in [0.05, 0.1) is 11.6 Å². The Bertz CT molecular complexity index is 726. The fraction of sp³-hybridized carbons (Fsp3) is 0.636. The molecule has 2 heterocycles. The van der Waals surface area contributed by atoms with Crippen molar-refractivity contribution in [1.29, 1.82) is 0 Å². The van der Waals surface area contributed by atoms with Gasteiger partial charge in [0, 0.05) is 19.0 Å². The number of carbonyl (C=O) groups is 2. The lowest BCUT2D eigenvalue weighted by Crippen LogP contribution is -2.45. The molecule has 3 rings (SSSR count). The highest BCUT2D eigenvalue weighted by molar-refractivity contribution is 6.32. The van der Waals surface area contributed by atoms with E-state index in [-0.39, 0.29) is 24.1 Å². The van der Waals surface area contributed by atoms with E-state index in [0.717, 1.165) is 57.4 Å². The zero-order chi connectivity index (χ0) is 21.0. The minimum Gasteiger partial charge on any atom is -0.506 e. The number of likely N-dealkylation sites (tertiary alicyclic amines) is 2. The van der Waals surface area contributed by atoms with Gasteiger partial charge in [0.2, 0.25) is 5.91 Å². The molecular weight excluding hydrogens is 392 g/mol. The first-order valence-electron chi connectivity index (χ1n) is 10.5. The number of benzene rings is 1. The third-order valence-electron chi connectivity index (χ3n) is 6.48. The number of piperidine rings is 2. The molecule has 0 bridgehead atoms. The van der Waals surface area contributed by atoms with Crippen LogP contribution >= 0.6 is 11.6 Å². The number of carboxylic acid groups (broad SMARTS) is 1. The molecule has 6 nitrogen and oxygen atoms in total. The van der Waals surface area contributed by atoms with Crippen LogP contribution in [0.15, 0.2) is 18.2 Å².